The van der Waals surface area contributed by atoms with Gasteiger partial charge in [0.15, 0.2) is 0 Å². The quantitative estimate of drug-likeness (QED) is 0.818. The maximum atomic E-state index is 13.1. The van der Waals surface area contributed by atoms with Crippen LogP contribution in [0.25, 0.3) is 0 Å². The summed E-state index contributed by atoms with van der Waals surface area (Å²) in [4.78, 5) is 23.6. The van der Waals surface area contributed by atoms with E-state index in [2.05, 4.69) is 10.6 Å². The number of carbonyl (C=O) groups excluding carboxylic acids is 2. The second-order valence-corrected chi connectivity index (χ2v) is 5.05. The molecule has 2 aromatic rings. The van der Waals surface area contributed by atoms with Crippen LogP contribution in [0.1, 0.15) is 22.8 Å². The Morgan fingerprint density at radius 1 is 1.08 bits per heavy atom. The molecule has 2 aromatic carbocycles. The number of hydrogen-bond acceptors (Lipinski definition) is 3. The Hall–Kier alpha value is -2.89. The van der Waals surface area contributed by atoms with Crippen molar-refractivity contribution in [1.29, 1.82) is 0 Å². The molecule has 0 aliphatic carbocycles. The minimum atomic E-state index is -0.499. The van der Waals surface area contributed by atoms with E-state index in [1.54, 1.807) is 0 Å². The van der Waals surface area contributed by atoms with Crippen LogP contribution in [0.4, 0.5) is 4.39 Å². The minimum Gasteiger partial charge on any atom is -0.494 e. The van der Waals surface area contributed by atoms with Gasteiger partial charge in [0, 0.05) is 12.1 Å². The first-order valence-corrected chi connectivity index (χ1v) is 7.60. The molecule has 0 aromatic heterocycles. The zero-order valence-corrected chi connectivity index (χ0v) is 13.3. The summed E-state index contributed by atoms with van der Waals surface area (Å²) in [6.45, 7) is 2.62. The van der Waals surface area contributed by atoms with E-state index in [0.29, 0.717) is 13.2 Å². The van der Waals surface area contributed by atoms with E-state index in [9.17, 15) is 14.0 Å². The molecule has 126 valence electrons. The summed E-state index contributed by atoms with van der Waals surface area (Å²) in [6.07, 6.45) is 0. The largest absolute Gasteiger partial charge is 0.494 e. The Balaban J connectivity index is 1.79. The normalized spacial score (nSPS) is 10.1. The Labute approximate surface area is 139 Å². The van der Waals surface area contributed by atoms with Gasteiger partial charge in [0.25, 0.3) is 5.91 Å². The summed E-state index contributed by atoms with van der Waals surface area (Å²) in [5.74, 6) is -0.588. The molecule has 2 N–H and O–H groups in total. The van der Waals surface area contributed by atoms with Crippen LogP contribution in [-0.2, 0) is 11.3 Å². The van der Waals surface area contributed by atoms with Crippen molar-refractivity contribution < 1.29 is 18.7 Å². The standard InChI is InChI=1S/C18H19FN2O3/c1-2-24-16-8-3-5-13(9-16)11-20-17(22)12-21-18(23)14-6-4-7-15(19)10-14/h3-10H,2,11-12H2,1H3,(H,20,22)(H,21,23). The monoisotopic (exact) mass is 330 g/mol. The second-order valence-electron chi connectivity index (χ2n) is 5.05. The molecule has 0 aliphatic rings. The average molecular weight is 330 g/mol. The van der Waals surface area contributed by atoms with E-state index in [-0.39, 0.29) is 18.0 Å². The van der Waals surface area contributed by atoms with Gasteiger partial charge in [-0.2, -0.15) is 0 Å². The van der Waals surface area contributed by atoms with Gasteiger partial charge in [-0.25, -0.2) is 4.39 Å². The van der Waals surface area contributed by atoms with Crippen LogP contribution in [0.15, 0.2) is 48.5 Å². The molecular formula is C18H19FN2O3. The molecule has 0 radical (unpaired) electrons. The van der Waals surface area contributed by atoms with Gasteiger partial charge >= 0.3 is 0 Å². The lowest BCUT2D eigenvalue weighted by Crippen LogP contribution is -2.36. The van der Waals surface area contributed by atoms with Crippen molar-refractivity contribution in [2.75, 3.05) is 13.2 Å². The van der Waals surface area contributed by atoms with E-state index in [1.165, 1.54) is 18.2 Å². The zero-order chi connectivity index (χ0) is 17.4. The third-order valence-electron chi connectivity index (χ3n) is 3.20. The minimum absolute atomic E-state index is 0.173. The maximum absolute atomic E-state index is 13.1. The van der Waals surface area contributed by atoms with Crippen molar-refractivity contribution in [3.05, 3.63) is 65.5 Å². The van der Waals surface area contributed by atoms with Crippen LogP contribution in [-0.4, -0.2) is 25.0 Å². The van der Waals surface area contributed by atoms with Crippen molar-refractivity contribution in [1.82, 2.24) is 10.6 Å². The van der Waals surface area contributed by atoms with E-state index >= 15 is 0 Å². The SMILES string of the molecule is CCOc1cccc(CNC(=O)CNC(=O)c2cccc(F)c2)c1. The first kappa shape index (κ1) is 17.5. The van der Waals surface area contributed by atoms with Crippen LogP contribution < -0.4 is 15.4 Å². The number of rotatable bonds is 7. The summed E-state index contributed by atoms with van der Waals surface area (Å²) in [6, 6.07) is 12.7. The van der Waals surface area contributed by atoms with Crippen LogP contribution >= 0.6 is 0 Å². The van der Waals surface area contributed by atoms with Gasteiger partial charge in [-0.3, -0.25) is 9.59 Å². The third-order valence-corrected chi connectivity index (χ3v) is 3.20. The fourth-order valence-electron chi connectivity index (χ4n) is 2.07. The number of amides is 2. The third kappa shape index (κ3) is 5.39. The molecule has 0 aliphatic heterocycles. The molecule has 24 heavy (non-hydrogen) atoms. The van der Waals surface area contributed by atoms with Crippen LogP contribution in [0.3, 0.4) is 0 Å². The summed E-state index contributed by atoms with van der Waals surface area (Å²) in [5.41, 5.74) is 1.07. The molecule has 0 saturated heterocycles. The summed E-state index contributed by atoms with van der Waals surface area (Å²) in [5, 5.41) is 5.15. The van der Waals surface area contributed by atoms with E-state index in [4.69, 9.17) is 4.74 Å². The van der Waals surface area contributed by atoms with Crippen molar-refractivity contribution in [3.63, 3.8) is 0 Å². The fourth-order valence-corrected chi connectivity index (χ4v) is 2.07. The fraction of sp³-hybridized carbons (Fsp3) is 0.222. The lowest BCUT2D eigenvalue weighted by Gasteiger charge is -2.09. The molecule has 6 heteroatoms. The summed E-state index contributed by atoms with van der Waals surface area (Å²) < 4.78 is 18.4. The van der Waals surface area contributed by atoms with Gasteiger partial charge < -0.3 is 15.4 Å². The number of ether oxygens (including phenoxy) is 1. The number of nitrogens with one attached hydrogen (secondary N) is 2. The van der Waals surface area contributed by atoms with Crippen LogP contribution in [0.2, 0.25) is 0 Å². The Bertz CT molecular complexity index is 719. The first-order chi connectivity index (χ1) is 11.6. The predicted molar refractivity (Wildman–Crippen MR) is 88.2 cm³/mol. The van der Waals surface area contributed by atoms with E-state index < -0.39 is 11.7 Å². The predicted octanol–water partition coefficient (Wildman–Crippen LogP) is 2.27. The highest BCUT2D eigenvalue weighted by Crippen LogP contribution is 2.12. The van der Waals surface area contributed by atoms with Gasteiger partial charge in [-0.05, 0) is 42.8 Å². The van der Waals surface area contributed by atoms with Gasteiger partial charge in [-0.15, -0.1) is 0 Å². The average Bonchev–Trinajstić information content (AvgIpc) is 2.58. The second kappa shape index (κ2) is 8.67. The molecule has 2 rings (SSSR count). The maximum Gasteiger partial charge on any atom is 0.251 e. The highest BCUT2D eigenvalue weighted by molar-refractivity contribution is 5.96. The summed E-state index contributed by atoms with van der Waals surface area (Å²) in [7, 11) is 0. The molecular weight excluding hydrogens is 311 g/mol. The molecule has 0 bridgehead atoms. The molecule has 0 unspecified atom stereocenters. The highest BCUT2D eigenvalue weighted by atomic mass is 19.1. The molecule has 0 fully saturated rings. The topological polar surface area (TPSA) is 67.4 Å². The van der Waals surface area contributed by atoms with Crippen LogP contribution in [0, 0.1) is 5.82 Å². The van der Waals surface area contributed by atoms with Gasteiger partial charge in [0.05, 0.1) is 13.2 Å². The Kier molecular flexibility index (Phi) is 6.31. The number of benzene rings is 2. The smallest absolute Gasteiger partial charge is 0.251 e. The molecule has 0 spiro atoms. The lowest BCUT2D eigenvalue weighted by molar-refractivity contribution is -0.120. The summed E-state index contributed by atoms with van der Waals surface area (Å²) >= 11 is 0. The van der Waals surface area contributed by atoms with Crippen molar-refractivity contribution in [2.45, 2.75) is 13.5 Å². The Morgan fingerprint density at radius 2 is 1.88 bits per heavy atom. The lowest BCUT2D eigenvalue weighted by atomic mass is 10.2. The van der Waals surface area contributed by atoms with Crippen molar-refractivity contribution >= 4 is 11.8 Å². The number of halogens is 1. The molecule has 0 saturated carbocycles. The molecule has 2 amide bonds. The van der Waals surface area contributed by atoms with Gasteiger partial charge in [0.1, 0.15) is 11.6 Å². The number of carbonyl (C=O) groups is 2. The van der Waals surface area contributed by atoms with Gasteiger partial charge in [0.2, 0.25) is 5.91 Å². The Morgan fingerprint density at radius 3 is 2.62 bits per heavy atom. The van der Waals surface area contributed by atoms with Crippen molar-refractivity contribution in [2.24, 2.45) is 0 Å². The zero-order valence-electron chi connectivity index (χ0n) is 13.3. The van der Waals surface area contributed by atoms with E-state index in [1.807, 2.05) is 31.2 Å². The van der Waals surface area contributed by atoms with Crippen LogP contribution in [0.5, 0.6) is 5.75 Å². The van der Waals surface area contributed by atoms with E-state index in [0.717, 1.165) is 17.4 Å². The molecule has 0 atom stereocenters. The molecule has 5 nitrogen and oxygen atoms in total. The number of hydrogen-bond donors (Lipinski definition) is 2. The van der Waals surface area contributed by atoms with Crippen molar-refractivity contribution in [3.8, 4) is 5.75 Å². The highest BCUT2D eigenvalue weighted by Gasteiger charge is 2.08. The van der Waals surface area contributed by atoms with Gasteiger partial charge in [-0.1, -0.05) is 18.2 Å². The first-order valence-electron chi connectivity index (χ1n) is 7.60. The molecule has 0 heterocycles.